The fourth-order valence-corrected chi connectivity index (χ4v) is 2.84. The van der Waals surface area contributed by atoms with Gasteiger partial charge >= 0.3 is 0 Å². The molecule has 0 unspecified atom stereocenters. The van der Waals surface area contributed by atoms with E-state index >= 15 is 0 Å². The number of benzene rings is 2. The van der Waals surface area contributed by atoms with E-state index < -0.39 is 0 Å². The molecule has 126 valence electrons. The van der Waals surface area contributed by atoms with E-state index in [2.05, 4.69) is 10.6 Å². The summed E-state index contributed by atoms with van der Waals surface area (Å²) in [6, 6.07) is 11.1. The van der Waals surface area contributed by atoms with Gasteiger partial charge in [-0.25, -0.2) is 4.39 Å². The molecule has 7 heteroatoms. The molecular formula is C17H16ClFN2O2S. The van der Waals surface area contributed by atoms with Crippen molar-refractivity contribution in [2.24, 2.45) is 0 Å². The maximum Gasteiger partial charge on any atom is 0.243 e. The van der Waals surface area contributed by atoms with E-state index in [1.807, 2.05) is 13.0 Å². The Kier molecular flexibility index (Phi) is 6.63. The van der Waals surface area contributed by atoms with Crippen LogP contribution in [-0.4, -0.2) is 24.1 Å². The van der Waals surface area contributed by atoms with Crippen LogP contribution in [0.3, 0.4) is 0 Å². The molecule has 2 rings (SSSR count). The van der Waals surface area contributed by atoms with E-state index in [9.17, 15) is 14.0 Å². The van der Waals surface area contributed by atoms with Gasteiger partial charge in [-0.2, -0.15) is 0 Å². The topological polar surface area (TPSA) is 58.2 Å². The zero-order valence-electron chi connectivity index (χ0n) is 12.9. The first kappa shape index (κ1) is 18.3. The van der Waals surface area contributed by atoms with Crippen molar-refractivity contribution in [1.29, 1.82) is 0 Å². The number of rotatable bonds is 6. The van der Waals surface area contributed by atoms with Crippen molar-refractivity contribution in [3.05, 3.63) is 58.9 Å². The van der Waals surface area contributed by atoms with E-state index in [1.54, 1.807) is 24.3 Å². The predicted octanol–water partition coefficient (Wildman–Crippen LogP) is 3.63. The molecule has 0 spiro atoms. The summed E-state index contributed by atoms with van der Waals surface area (Å²) in [5.74, 6) is -0.824. The van der Waals surface area contributed by atoms with Crippen LogP contribution in [0.1, 0.15) is 5.56 Å². The number of thioether (sulfide) groups is 1. The summed E-state index contributed by atoms with van der Waals surface area (Å²) in [6.45, 7) is 1.75. The average molecular weight is 367 g/mol. The smallest absolute Gasteiger partial charge is 0.243 e. The van der Waals surface area contributed by atoms with Crippen molar-refractivity contribution < 1.29 is 14.0 Å². The van der Waals surface area contributed by atoms with Gasteiger partial charge in [-0.3, -0.25) is 9.59 Å². The van der Waals surface area contributed by atoms with Crippen molar-refractivity contribution in [1.82, 2.24) is 5.32 Å². The molecule has 0 heterocycles. The van der Waals surface area contributed by atoms with Gasteiger partial charge in [0.2, 0.25) is 11.8 Å². The third-order valence-electron chi connectivity index (χ3n) is 3.03. The minimum atomic E-state index is -0.360. The minimum Gasteiger partial charge on any atom is -0.346 e. The van der Waals surface area contributed by atoms with Crippen LogP contribution in [0.5, 0.6) is 0 Å². The highest BCUT2D eigenvalue weighted by Crippen LogP contribution is 2.22. The largest absolute Gasteiger partial charge is 0.346 e. The summed E-state index contributed by atoms with van der Waals surface area (Å²) in [5.41, 5.74) is 1.49. The number of amides is 2. The van der Waals surface area contributed by atoms with E-state index in [4.69, 9.17) is 11.6 Å². The quantitative estimate of drug-likeness (QED) is 0.767. The van der Waals surface area contributed by atoms with Gasteiger partial charge in [-0.1, -0.05) is 17.7 Å². The zero-order valence-corrected chi connectivity index (χ0v) is 14.5. The molecule has 0 aliphatic heterocycles. The Labute approximate surface area is 148 Å². The monoisotopic (exact) mass is 366 g/mol. The Hall–Kier alpha value is -2.05. The second-order valence-electron chi connectivity index (χ2n) is 5.05. The highest BCUT2D eigenvalue weighted by molar-refractivity contribution is 8.00. The lowest BCUT2D eigenvalue weighted by atomic mass is 10.2. The fraction of sp³-hybridized carbons (Fsp3) is 0.176. The molecule has 0 bridgehead atoms. The van der Waals surface area contributed by atoms with Gasteiger partial charge in [0.1, 0.15) is 5.82 Å². The Balaban J connectivity index is 1.74. The SMILES string of the molecule is Cc1ccc(NC(=O)CNC(=O)CSc2ccc(F)cc2)c(Cl)c1. The maximum absolute atomic E-state index is 12.8. The summed E-state index contributed by atoms with van der Waals surface area (Å²) in [6.07, 6.45) is 0. The average Bonchev–Trinajstić information content (AvgIpc) is 2.55. The van der Waals surface area contributed by atoms with E-state index in [1.165, 1.54) is 23.9 Å². The van der Waals surface area contributed by atoms with Crippen LogP contribution < -0.4 is 10.6 Å². The Morgan fingerprint density at radius 1 is 1.12 bits per heavy atom. The second kappa shape index (κ2) is 8.70. The number of carbonyl (C=O) groups is 2. The highest BCUT2D eigenvalue weighted by Gasteiger charge is 2.08. The number of nitrogens with one attached hydrogen (secondary N) is 2. The molecule has 24 heavy (non-hydrogen) atoms. The Bertz CT molecular complexity index is 738. The second-order valence-corrected chi connectivity index (χ2v) is 6.51. The molecule has 2 N–H and O–H groups in total. The number of halogens is 2. The lowest BCUT2D eigenvalue weighted by Crippen LogP contribution is -2.33. The van der Waals surface area contributed by atoms with Crippen LogP contribution in [0.2, 0.25) is 5.02 Å². The van der Waals surface area contributed by atoms with Crippen molar-refractivity contribution in [3.63, 3.8) is 0 Å². The van der Waals surface area contributed by atoms with Crippen molar-refractivity contribution in [2.45, 2.75) is 11.8 Å². The van der Waals surface area contributed by atoms with E-state index in [0.717, 1.165) is 10.5 Å². The van der Waals surface area contributed by atoms with Gasteiger partial charge < -0.3 is 10.6 Å². The summed E-state index contributed by atoms with van der Waals surface area (Å²) in [7, 11) is 0. The van der Waals surface area contributed by atoms with Gasteiger partial charge in [0, 0.05) is 4.90 Å². The molecular weight excluding hydrogens is 351 g/mol. The normalized spacial score (nSPS) is 10.3. The molecule has 0 saturated carbocycles. The lowest BCUT2D eigenvalue weighted by molar-refractivity contribution is -0.122. The number of hydrogen-bond acceptors (Lipinski definition) is 3. The third-order valence-corrected chi connectivity index (χ3v) is 4.35. The molecule has 4 nitrogen and oxygen atoms in total. The first-order chi connectivity index (χ1) is 11.4. The standard InChI is InChI=1S/C17H16ClFN2O2S/c1-11-2-7-15(14(18)8-11)21-16(22)9-20-17(23)10-24-13-5-3-12(19)4-6-13/h2-8H,9-10H2,1H3,(H,20,23)(H,21,22). The van der Waals surface area contributed by atoms with Gasteiger partial charge in [0.05, 0.1) is 23.0 Å². The third kappa shape index (κ3) is 5.86. The van der Waals surface area contributed by atoms with Crippen LogP contribution in [0.25, 0.3) is 0 Å². The van der Waals surface area contributed by atoms with Crippen LogP contribution in [-0.2, 0) is 9.59 Å². The van der Waals surface area contributed by atoms with Crippen molar-refractivity contribution >= 4 is 40.9 Å². The molecule has 2 aromatic carbocycles. The number of hydrogen-bond donors (Lipinski definition) is 2. The molecule has 0 aromatic heterocycles. The van der Waals surface area contributed by atoms with Crippen molar-refractivity contribution in [3.8, 4) is 0 Å². The van der Waals surface area contributed by atoms with Gasteiger partial charge in [0.25, 0.3) is 0 Å². The van der Waals surface area contributed by atoms with E-state index in [0.29, 0.717) is 10.7 Å². The van der Waals surface area contributed by atoms with Gasteiger partial charge in [-0.15, -0.1) is 11.8 Å². The van der Waals surface area contributed by atoms with Crippen LogP contribution in [0.4, 0.5) is 10.1 Å². The summed E-state index contributed by atoms with van der Waals surface area (Å²) < 4.78 is 12.8. The van der Waals surface area contributed by atoms with Crippen LogP contribution in [0.15, 0.2) is 47.4 Å². The molecule has 0 atom stereocenters. The first-order valence-corrected chi connectivity index (χ1v) is 8.51. The first-order valence-electron chi connectivity index (χ1n) is 7.15. The molecule has 2 amide bonds. The van der Waals surface area contributed by atoms with Gasteiger partial charge in [-0.05, 0) is 48.9 Å². The summed E-state index contributed by atoms with van der Waals surface area (Å²) in [5, 5.41) is 5.61. The van der Waals surface area contributed by atoms with Crippen LogP contribution >= 0.6 is 23.4 Å². The number of anilines is 1. The zero-order chi connectivity index (χ0) is 17.5. The fourth-order valence-electron chi connectivity index (χ4n) is 1.83. The van der Waals surface area contributed by atoms with E-state index in [-0.39, 0.29) is 29.9 Å². The minimum absolute atomic E-state index is 0.143. The number of aryl methyl sites for hydroxylation is 1. The van der Waals surface area contributed by atoms with Gasteiger partial charge in [0.15, 0.2) is 0 Å². The predicted molar refractivity (Wildman–Crippen MR) is 95.0 cm³/mol. The Morgan fingerprint density at radius 2 is 1.83 bits per heavy atom. The molecule has 0 radical (unpaired) electrons. The van der Waals surface area contributed by atoms with Crippen molar-refractivity contribution in [2.75, 3.05) is 17.6 Å². The highest BCUT2D eigenvalue weighted by atomic mass is 35.5. The number of carbonyl (C=O) groups excluding carboxylic acids is 2. The molecule has 0 aliphatic carbocycles. The summed E-state index contributed by atoms with van der Waals surface area (Å²) in [4.78, 5) is 24.4. The molecule has 0 aliphatic rings. The Morgan fingerprint density at radius 3 is 2.50 bits per heavy atom. The molecule has 0 saturated heterocycles. The lowest BCUT2D eigenvalue weighted by Gasteiger charge is -2.09. The van der Waals surface area contributed by atoms with Crippen LogP contribution in [0, 0.1) is 12.7 Å². The molecule has 2 aromatic rings. The summed E-state index contributed by atoms with van der Waals surface area (Å²) >= 11 is 7.30. The maximum atomic E-state index is 12.8. The molecule has 0 fully saturated rings.